The van der Waals surface area contributed by atoms with Crippen molar-refractivity contribution < 1.29 is 28.6 Å². The van der Waals surface area contributed by atoms with Crippen LogP contribution in [0.5, 0.6) is 11.5 Å². The lowest BCUT2D eigenvalue weighted by Gasteiger charge is -2.26. The molecule has 0 N–H and O–H groups in total. The van der Waals surface area contributed by atoms with Crippen LogP contribution in [0.15, 0.2) is 30.3 Å². The maximum absolute atomic E-state index is 12.4. The van der Waals surface area contributed by atoms with Gasteiger partial charge in [-0.3, -0.25) is 9.59 Å². The van der Waals surface area contributed by atoms with Crippen molar-refractivity contribution in [2.24, 2.45) is 0 Å². The van der Waals surface area contributed by atoms with E-state index in [0.717, 1.165) is 43.7 Å². The Balaban J connectivity index is 1.59. The molecule has 1 aromatic carbocycles. The summed E-state index contributed by atoms with van der Waals surface area (Å²) in [7, 11) is 0. The van der Waals surface area contributed by atoms with E-state index in [1.165, 1.54) is 12.1 Å². The maximum atomic E-state index is 12.4. The molecule has 166 valence electrons. The van der Waals surface area contributed by atoms with E-state index in [9.17, 15) is 14.4 Å². The molecule has 0 radical (unpaired) electrons. The largest absolute Gasteiger partial charge is 0.490 e. The van der Waals surface area contributed by atoms with Crippen LogP contribution >= 0.6 is 22.9 Å². The number of hydrogen-bond donors (Lipinski definition) is 0. The van der Waals surface area contributed by atoms with E-state index in [0.29, 0.717) is 27.3 Å². The van der Waals surface area contributed by atoms with Crippen molar-refractivity contribution in [2.75, 3.05) is 32.9 Å². The van der Waals surface area contributed by atoms with Gasteiger partial charge in [-0.25, -0.2) is 4.79 Å². The molecule has 7 nitrogen and oxygen atoms in total. The molecule has 31 heavy (non-hydrogen) atoms. The molecule has 9 heteroatoms. The maximum Gasteiger partial charge on any atom is 0.338 e. The molecule has 2 aromatic rings. The van der Waals surface area contributed by atoms with Gasteiger partial charge in [0.2, 0.25) is 5.78 Å². The number of halogens is 1. The zero-order chi connectivity index (χ0) is 22.2. The van der Waals surface area contributed by atoms with Gasteiger partial charge >= 0.3 is 5.97 Å². The van der Waals surface area contributed by atoms with Gasteiger partial charge < -0.3 is 19.1 Å². The summed E-state index contributed by atoms with van der Waals surface area (Å²) in [6, 6.07) is 7.76. The van der Waals surface area contributed by atoms with Gasteiger partial charge in [-0.1, -0.05) is 11.6 Å². The van der Waals surface area contributed by atoms with Crippen molar-refractivity contribution in [1.29, 1.82) is 0 Å². The third-order valence-electron chi connectivity index (χ3n) is 4.72. The van der Waals surface area contributed by atoms with Crippen molar-refractivity contribution in [1.82, 2.24) is 4.90 Å². The van der Waals surface area contributed by atoms with Crippen molar-refractivity contribution >= 4 is 40.6 Å². The van der Waals surface area contributed by atoms with Gasteiger partial charge in [0.1, 0.15) is 0 Å². The second-order valence-corrected chi connectivity index (χ2v) is 8.64. The Morgan fingerprint density at radius 2 is 1.77 bits per heavy atom. The minimum Gasteiger partial charge on any atom is -0.490 e. The quantitative estimate of drug-likeness (QED) is 0.407. The number of amides is 1. The topological polar surface area (TPSA) is 82.1 Å². The molecule has 0 spiro atoms. The number of rotatable bonds is 9. The second-order valence-electron chi connectivity index (χ2n) is 6.93. The summed E-state index contributed by atoms with van der Waals surface area (Å²) >= 11 is 6.95. The zero-order valence-corrected chi connectivity index (χ0v) is 18.8. The van der Waals surface area contributed by atoms with Crippen LogP contribution in [0, 0.1) is 0 Å². The molecule has 0 unspecified atom stereocenters. The van der Waals surface area contributed by atoms with Crippen LogP contribution in [0.3, 0.4) is 0 Å². The number of hydrogen-bond acceptors (Lipinski definition) is 7. The number of nitrogens with zero attached hydrogens (tertiary/aromatic N) is 1. The minimum atomic E-state index is -0.659. The molecule has 0 aliphatic carbocycles. The molecule has 1 amide bonds. The predicted molar refractivity (Wildman–Crippen MR) is 117 cm³/mol. The molecule has 1 fully saturated rings. The fourth-order valence-electron chi connectivity index (χ4n) is 3.15. The third-order valence-corrected chi connectivity index (χ3v) is 5.99. The van der Waals surface area contributed by atoms with Gasteiger partial charge in [0, 0.05) is 13.1 Å². The smallest absolute Gasteiger partial charge is 0.338 e. The molecule has 2 heterocycles. The first-order valence-corrected chi connectivity index (χ1v) is 11.3. The monoisotopic (exact) mass is 465 g/mol. The van der Waals surface area contributed by atoms with Gasteiger partial charge in [0.15, 0.2) is 24.7 Å². The molecule has 1 aromatic heterocycles. The summed E-state index contributed by atoms with van der Waals surface area (Å²) in [5.41, 5.74) is 0.218. The lowest BCUT2D eigenvalue weighted by Crippen LogP contribution is -2.38. The molecule has 0 bridgehead atoms. The summed E-state index contributed by atoms with van der Waals surface area (Å²) in [6.45, 7) is 3.18. The first-order chi connectivity index (χ1) is 15.0. The summed E-state index contributed by atoms with van der Waals surface area (Å²) in [4.78, 5) is 39.0. The Labute approximate surface area is 189 Å². The summed E-state index contributed by atoms with van der Waals surface area (Å²) in [5, 5.41) is 0. The zero-order valence-electron chi connectivity index (χ0n) is 17.2. The molecular formula is C22H24ClNO6S. The van der Waals surface area contributed by atoms with Crippen LogP contribution in [0.25, 0.3) is 0 Å². The second kappa shape index (κ2) is 11.2. The van der Waals surface area contributed by atoms with Crippen LogP contribution in [0.2, 0.25) is 4.34 Å². The van der Waals surface area contributed by atoms with Crippen LogP contribution in [-0.2, 0) is 9.53 Å². The highest BCUT2D eigenvalue weighted by Crippen LogP contribution is 2.29. The van der Waals surface area contributed by atoms with Gasteiger partial charge in [-0.15, -0.1) is 11.3 Å². The van der Waals surface area contributed by atoms with Crippen molar-refractivity contribution in [3.63, 3.8) is 0 Å². The van der Waals surface area contributed by atoms with Crippen molar-refractivity contribution in [2.45, 2.75) is 26.2 Å². The van der Waals surface area contributed by atoms with E-state index in [1.807, 2.05) is 0 Å². The Morgan fingerprint density at radius 1 is 1.00 bits per heavy atom. The van der Waals surface area contributed by atoms with Crippen LogP contribution < -0.4 is 9.47 Å². The molecule has 0 saturated carbocycles. The van der Waals surface area contributed by atoms with E-state index >= 15 is 0 Å². The van der Waals surface area contributed by atoms with Crippen LogP contribution in [0.1, 0.15) is 46.2 Å². The van der Waals surface area contributed by atoms with Crippen molar-refractivity contribution in [3.05, 3.63) is 45.1 Å². The van der Waals surface area contributed by atoms with E-state index in [-0.39, 0.29) is 30.5 Å². The average Bonchev–Trinajstić information content (AvgIpc) is 3.23. The number of likely N-dealkylation sites (tertiary alicyclic amines) is 1. The number of carbonyl (C=O) groups excluding carboxylic acids is 3. The number of ketones is 1. The molecule has 0 atom stereocenters. The first-order valence-electron chi connectivity index (χ1n) is 10.1. The van der Waals surface area contributed by atoms with E-state index in [2.05, 4.69) is 0 Å². The first kappa shape index (κ1) is 23.1. The number of carbonyl (C=O) groups is 3. The minimum absolute atomic E-state index is 0.0715. The lowest BCUT2D eigenvalue weighted by atomic mass is 10.1. The van der Waals surface area contributed by atoms with Gasteiger partial charge in [-0.05, 0) is 56.5 Å². The predicted octanol–water partition coefficient (Wildman–Crippen LogP) is 4.23. The van der Waals surface area contributed by atoms with E-state index in [1.54, 1.807) is 30.0 Å². The highest BCUT2D eigenvalue weighted by Gasteiger charge is 2.19. The summed E-state index contributed by atoms with van der Waals surface area (Å²) in [6.07, 6.45) is 3.16. The fourth-order valence-corrected chi connectivity index (χ4v) is 4.11. The summed E-state index contributed by atoms with van der Waals surface area (Å²) < 4.78 is 16.8. The number of piperidine rings is 1. The molecule has 1 aliphatic rings. The van der Waals surface area contributed by atoms with Gasteiger partial charge in [0.25, 0.3) is 5.91 Å². The molecule has 1 aliphatic heterocycles. The Bertz CT molecular complexity index is 938. The normalized spacial score (nSPS) is 13.5. The molecule has 1 saturated heterocycles. The SMILES string of the molecule is CCOc1cc(C(=O)OCC(=O)c2ccc(Cl)s2)ccc1OCC(=O)N1CCCCC1. The summed E-state index contributed by atoms with van der Waals surface area (Å²) in [5.74, 6) is -0.356. The number of esters is 1. The van der Waals surface area contributed by atoms with Gasteiger partial charge in [0.05, 0.1) is 21.4 Å². The Hall–Kier alpha value is -2.58. The van der Waals surface area contributed by atoms with Gasteiger partial charge in [-0.2, -0.15) is 0 Å². The van der Waals surface area contributed by atoms with Crippen LogP contribution in [0.4, 0.5) is 0 Å². The standard InChI is InChI=1S/C22H24ClNO6S/c1-2-28-18-12-15(22(27)30-13-16(25)19-8-9-20(23)31-19)6-7-17(18)29-14-21(26)24-10-4-3-5-11-24/h6-9,12H,2-5,10-11,13-14H2,1H3. The molecule has 3 rings (SSSR count). The lowest BCUT2D eigenvalue weighted by molar-refractivity contribution is -0.134. The van der Waals surface area contributed by atoms with E-state index in [4.69, 9.17) is 25.8 Å². The number of thiophene rings is 1. The fraction of sp³-hybridized carbons (Fsp3) is 0.409. The number of benzene rings is 1. The number of ether oxygens (including phenoxy) is 3. The van der Waals surface area contributed by atoms with Crippen molar-refractivity contribution in [3.8, 4) is 11.5 Å². The highest BCUT2D eigenvalue weighted by molar-refractivity contribution is 7.18. The highest BCUT2D eigenvalue weighted by atomic mass is 35.5. The van der Waals surface area contributed by atoms with E-state index < -0.39 is 5.97 Å². The molecular weight excluding hydrogens is 442 g/mol. The third kappa shape index (κ3) is 6.45. The average molecular weight is 466 g/mol. The number of Topliss-reactive ketones (excluding diaryl/α,β-unsaturated/α-hetero) is 1. The Morgan fingerprint density at radius 3 is 2.45 bits per heavy atom. The van der Waals surface area contributed by atoms with Crippen LogP contribution in [-0.4, -0.2) is 55.5 Å². The Kier molecular flexibility index (Phi) is 8.31.